The lowest BCUT2D eigenvalue weighted by Crippen LogP contribution is -2.22. The van der Waals surface area contributed by atoms with E-state index < -0.39 is 0 Å². The maximum absolute atomic E-state index is 6.00. The molecular formula is C32H23NO. The minimum Gasteiger partial charge on any atom is -0.456 e. The van der Waals surface area contributed by atoms with Crippen LogP contribution in [0.1, 0.15) is 23.6 Å². The molecular weight excluding hydrogens is 414 g/mol. The van der Waals surface area contributed by atoms with E-state index in [4.69, 9.17) is 4.42 Å². The molecule has 0 bridgehead atoms. The lowest BCUT2D eigenvalue weighted by molar-refractivity contribution is 0.669. The fourth-order valence-electron chi connectivity index (χ4n) is 5.64. The molecule has 0 aliphatic heterocycles. The molecule has 1 N–H and O–H groups in total. The summed E-state index contributed by atoms with van der Waals surface area (Å²) in [5.41, 5.74) is 10.4. The third-order valence-electron chi connectivity index (χ3n) is 7.33. The van der Waals surface area contributed by atoms with Crippen molar-refractivity contribution in [1.29, 1.82) is 0 Å². The van der Waals surface area contributed by atoms with Gasteiger partial charge in [-0.15, -0.1) is 0 Å². The second-order valence-electron chi connectivity index (χ2n) is 9.23. The Hall–Kier alpha value is -4.30. The molecule has 7 rings (SSSR count). The second kappa shape index (κ2) is 7.10. The van der Waals surface area contributed by atoms with Crippen molar-refractivity contribution in [3.63, 3.8) is 0 Å². The monoisotopic (exact) mass is 437 g/mol. The highest BCUT2D eigenvalue weighted by molar-refractivity contribution is 6.06. The molecule has 1 aliphatic rings. The van der Waals surface area contributed by atoms with Gasteiger partial charge in [0.25, 0.3) is 0 Å². The molecule has 0 fully saturated rings. The van der Waals surface area contributed by atoms with Gasteiger partial charge < -0.3 is 9.73 Å². The fourth-order valence-corrected chi connectivity index (χ4v) is 5.64. The van der Waals surface area contributed by atoms with Gasteiger partial charge in [0.05, 0.1) is 0 Å². The molecule has 0 spiro atoms. The number of benzene rings is 5. The molecule has 5 aromatic carbocycles. The number of para-hydroxylation sites is 1. The van der Waals surface area contributed by atoms with Gasteiger partial charge >= 0.3 is 0 Å². The molecule has 162 valence electrons. The van der Waals surface area contributed by atoms with Gasteiger partial charge in [0.2, 0.25) is 0 Å². The van der Waals surface area contributed by atoms with Crippen LogP contribution in [-0.2, 0) is 5.41 Å². The van der Waals surface area contributed by atoms with Crippen molar-refractivity contribution in [3.8, 4) is 11.1 Å². The summed E-state index contributed by atoms with van der Waals surface area (Å²) in [5.74, 6) is 0. The van der Waals surface area contributed by atoms with Crippen LogP contribution in [0, 0.1) is 0 Å². The van der Waals surface area contributed by atoms with Crippen LogP contribution in [0.25, 0.3) is 33.1 Å². The quantitative estimate of drug-likeness (QED) is 0.300. The number of hydrogen-bond donors (Lipinski definition) is 1. The summed E-state index contributed by atoms with van der Waals surface area (Å²) in [6, 6.07) is 40.9. The highest BCUT2D eigenvalue weighted by Crippen LogP contribution is 2.52. The minimum absolute atomic E-state index is 0.199. The smallest absolute Gasteiger partial charge is 0.135 e. The van der Waals surface area contributed by atoms with Gasteiger partial charge in [-0.3, -0.25) is 0 Å². The summed E-state index contributed by atoms with van der Waals surface area (Å²) in [4.78, 5) is 0. The normalized spacial score (nSPS) is 13.7. The zero-order valence-corrected chi connectivity index (χ0v) is 18.9. The number of fused-ring (bicyclic) bond motifs is 6. The van der Waals surface area contributed by atoms with Crippen LogP contribution < -0.4 is 5.32 Å². The molecule has 0 atom stereocenters. The highest BCUT2D eigenvalue weighted by atomic mass is 16.3. The van der Waals surface area contributed by atoms with Gasteiger partial charge in [-0.05, 0) is 71.1 Å². The third kappa shape index (κ3) is 2.69. The Labute approximate surface area is 198 Å². The van der Waals surface area contributed by atoms with E-state index in [-0.39, 0.29) is 5.41 Å². The molecule has 2 nitrogen and oxygen atoms in total. The number of rotatable bonds is 3. The van der Waals surface area contributed by atoms with Gasteiger partial charge in [-0.2, -0.15) is 0 Å². The predicted molar refractivity (Wildman–Crippen MR) is 141 cm³/mol. The molecule has 6 aromatic rings. The van der Waals surface area contributed by atoms with E-state index in [0.717, 1.165) is 33.3 Å². The predicted octanol–water partition coefficient (Wildman–Crippen LogP) is 8.66. The van der Waals surface area contributed by atoms with E-state index in [1.165, 1.54) is 27.8 Å². The highest BCUT2D eigenvalue weighted by Gasteiger charge is 2.40. The van der Waals surface area contributed by atoms with E-state index >= 15 is 0 Å². The summed E-state index contributed by atoms with van der Waals surface area (Å²) in [7, 11) is 0. The van der Waals surface area contributed by atoms with Crippen molar-refractivity contribution in [2.75, 3.05) is 5.32 Å². The average Bonchev–Trinajstić information content (AvgIpc) is 3.38. The first-order chi connectivity index (χ1) is 16.7. The van der Waals surface area contributed by atoms with E-state index in [2.05, 4.69) is 109 Å². The first-order valence-corrected chi connectivity index (χ1v) is 11.7. The lowest BCUT2D eigenvalue weighted by Gasteiger charge is -2.28. The van der Waals surface area contributed by atoms with Crippen molar-refractivity contribution >= 4 is 33.3 Å². The van der Waals surface area contributed by atoms with Crippen molar-refractivity contribution in [2.24, 2.45) is 0 Å². The Morgan fingerprint density at radius 3 is 2.00 bits per heavy atom. The number of anilines is 2. The lowest BCUT2D eigenvalue weighted by atomic mass is 9.74. The molecule has 0 amide bonds. The van der Waals surface area contributed by atoms with Gasteiger partial charge in [-0.1, -0.05) is 78.9 Å². The van der Waals surface area contributed by atoms with Gasteiger partial charge in [-0.25, -0.2) is 0 Å². The maximum Gasteiger partial charge on any atom is 0.135 e. The standard InChI is InChI=1S/C32H23NO/c1-32(28-14-5-2-11-24(28)25-12-3-6-15-29(25)32)21-9-8-10-22(19-21)33-23-17-18-31-27(20-23)26-13-4-7-16-30(26)34-31/h2-20,33H,1H3. The molecule has 1 heterocycles. The molecule has 34 heavy (non-hydrogen) atoms. The first-order valence-electron chi connectivity index (χ1n) is 11.7. The summed E-state index contributed by atoms with van der Waals surface area (Å²) in [5, 5.41) is 5.91. The zero-order valence-electron chi connectivity index (χ0n) is 18.9. The Bertz CT molecular complexity index is 1660. The van der Waals surface area contributed by atoms with Crippen molar-refractivity contribution in [1.82, 2.24) is 0 Å². The number of hydrogen-bond acceptors (Lipinski definition) is 2. The average molecular weight is 438 g/mol. The molecule has 1 aliphatic carbocycles. The Kier molecular flexibility index (Phi) is 4.01. The Morgan fingerprint density at radius 1 is 0.559 bits per heavy atom. The Balaban J connectivity index is 1.32. The molecule has 0 unspecified atom stereocenters. The van der Waals surface area contributed by atoms with Crippen LogP contribution in [0.15, 0.2) is 120 Å². The van der Waals surface area contributed by atoms with E-state index in [1.54, 1.807) is 0 Å². The minimum atomic E-state index is -0.199. The van der Waals surface area contributed by atoms with E-state index in [1.807, 2.05) is 18.2 Å². The van der Waals surface area contributed by atoms with Crippen LogP contribution in [0.2, 0.25) is 0 Å². The molecule has 2 heteroatoms. The molecule has 0 saturated carbocycles. The summed E-state index contributed by atoms with van der Waals surface area (Å²) in [6.07, 6.45) is 0. The van der Waals surface area contributed by atoms with Crippen molar-refractivity contribution in [2.45, 2.75) is 12.3 Å². The van der Waals surface area contributed by atoms with Crippen LogP contribution in [0.5, 0.6) is 0 Å². The van der Waals surface area contributed by atoms with Crippen LogP contribution in [-0.4, -0.2) is 0 Å². The van der Waals surface area contributed by atoms with Crippen LogP contribution in [0.4, 0.5) is 11.4 Å². The fraction of sp³-hybridized carbons (Fsp3) is 0.0625. The van der Waals surface area contributed by atoms with Crippen molar-refractivity contribution < 1.29 is 4.42 Å². The zero-order chi connectivity index (χ0) is 22.7. The van der Waals surface area contributed by atoms with E-state index in [0.29, 0.717) is 0 Å². The Morgan fingerprint density at radius 2 is 1.21 bits per heavy atom. The maximum atomic E-state index is 6.00. The first kappa shape index (κ1) is 19.2. The van der Waals surface area contributed by atoms with Crippen LogP contribution >= 0.6 is 0 Å². The van der Waals surface area contributed by atoms with Crippen LogP contribution in [0.3, 0.4) is 0 Å². The molecule has 0 saturated heterocycles. The topological polar surface area (TPSA) is 25.2 Å². The SMILES string of the molecule is CC1(c2cccc(Nc3ccc4oc5ccccc5c4c3)c2)c2ccccc2-c2ccccc21. The summed E-state index contributed by atoms with van der Waals surface area (Å²) in [6.45, 7) is 2.35. The number of furan rings is 1. The second-order valence-corrected chi connectivity index (χ2v) is 9.23. The number of nitrogens with one attached hydrogen (secondary N) is 1. The molecule has 0 radical (unpaired) electrons. The van der Waals surface area contributed by atoms with Crippen molar-refractivity contribution in [3.05, 3.63) is 132 Å². The van der Waals surface area contributed by atoms with E-state index in [9.17, 15) is 0 Å². The third-order valence-corrected chi connectivity index (χ3v) is 7.33. The van der Waals surface area contributed by atoms with Gasteiger partial charge in [0.1, 0.15) is 11.2 Å². The van der Waals surface area contributed by atoms with Gasteiger partial charge in [0, 0.05) is 27.6 Å². The summed E-state index contributed by atoms with van der Waals surface area (Å²) >= 11 is 0. The largest absolute Gasteiger partial charge is 0.456 e. The van der Waals surface area contributed by atoms with Gasteiger partial charge in [0.15, 0.2) is 0 Å². The summed E-state index contributed by atoms with van der Waals surface area (Å²) < 4.78 is 6.00. The molecule has 1 aromatic heterocycles.